The lowest BCUT2D eigenvalue weighted by molar-refractivity contribution is -0.117. The van der Waals surface area contributed by atoms with Gasteiger partial charge in [-0.25, -0.2) is 13.2 Å². The van der Waals surface area contributed by atoms with Crippen molar-refractivity contribution in [1.29, 1.82) is 0 Å². The van der Waals surface area contributed by atoms with Gasteiger partial charge in [0.15, 0.2) is 11.6 Å². The second-order valence-corrected chi connectivity index (χ2v) is 4.60. The average molecular weight is 294 g/mol. The molecule has 0 saturated heterocycles. The third kappa shape index (κ3) is 3.84. The van der Waals surface area contributed by atoms with E-state index in [1.807, 2.05) is 0 Å². The Kier molecular flexibility index (Phi) is 4.62. The van der Waals surface area contributed by atoms with E-state index < -0.39 is 17.5 Å². The van der Waals surface area contributed by atoms with Crippen LogP contribution in [0.1, 0.15) is 11.1 Å². The largest absolute Gasteiger partial charge is 0.494 e. The molecule has 0 atom stereocenters. The molecule has 0 aliphatic carbocycles. The van der Waals surface area contributed by atoms with Gasteiger partial charge in [0.25, 0.3) is 0 Å². The maximum absolute atomic E-state index is 13.9. The number of ether oxygens (including phenoxy) is 1. The molecule has 2 rings (SSSR count). The molecule has 0 aliphatic heterocycles. The molecule has 5 heteroatoms. The zero-order valence-corrected chi connectivity index (χ0v) is 11.3. The van der Waals surface area contributed by atoms with Crippen LogP contribution in [-0.4, -0.2) is 12.9 Å². The van der Waals surface area contributed by atoms with Gasteiger partial charge in [-0.3, -0.25) is 4.79 Å². The molecule has 21 heavy (non-hydrogen) atoms. The lowest BCUT2D eigenvalue weighted by Crippen LogP contribution is -2.09. The minimum absolute atomic E-state index is 0.0529. The molecule has 2 aromatic rings. The summed E-state index contributed by atoms with van der Waals surface area (Å²) >= 11 is 0. The van der Waals surface area contributed by atoms with Crippen LogP contribution in [0.5, 0.6) is 5.75 Å². The van der Waals surface area contributed by atoms with Gasteiger partial charge in [0, 0.05) is 18.9 Å². The molecule has 0 fully saturated rings. The molecule has 0 saturated carbocycles. The Labute approximate surface area is 120 Å². The van der Waals surface area contributed by atoms with Crippen LogP contribution in [0.4, 0.5) is 13.2 Å². The van der Waals surface area contributed by atoms with Gasteiger partial charge >= 0.3 is 0 Å². The highest BCUT2D eigenvalue weighted by molar-refractivity contribution is 5.83. The van der Waals surface area contributed by atoms with Crippen LogP contribution in [0.2, 0.25) is 0 Å². The SMILES string of the molecule is COc1cccc(CC(=O)Cc2cc(F)cc(F)c2)c1F. The second kappa shape index (κ2) is 6.43. The van der Waals surface area contributed by atoms with Gasteiger partial charge in [-0.15, -0.1) is 0 Å². The van der Waals surface area contributed by atoms with Crippen LogP contribution >= 0.6 is 0 Å². The smallest absolute Gasteiger partial charge is 0.168 e. The van der Waals surface area contributed by atoms with Crippen LogP contribution in [0, 0.1) is 17.5 Å². The summed E-state index contributed by atoms with van der Waals surface area (Å²) in [5.74, 6) is -2.38. The third-order valence-electron chi connectivity index (χ3n) is 2.97. The summed E-state index contributed by atoms with van der Waals surface area (Å²) in [6.07, 6.45) is -0.327. The highest BCUT2D eigenvalue weighted by atomic mass is 19.1. The van der Waals surface area contributed by atoms with Crippen LogP contribution in [-0.2, 0) is 17.6 Å². The maximum atomic E-state index is 13.9. The van der Waals surface area contributed by atoms with E-state index in [-0.39, 0.29) is 35.5 Å². The molecule has 0 amide bonds. The monoisotopic (exact) mass is 294 g/mol. The molecule has 110 valence electrons. The van der Waals surface area contributed by atoms with Crippen molar-refractivity contribution in [2.75, 3.05) is 7.11 Å². The molecular formula is C16H13F3O2. The van der Waals surface area contributed by atoms with Crippen molar-refractivity contribution in [3.8, 4) is 5.75 Å². The number of ketones is 1. The number of methoxy groups -OCH3 is 1. The Bertz CT molecular complexity index is 648. The van der Waals surface area contributed by atoms with Crippen LogP contribution in [0.25, 0.3) is 0 Å². The Balaban J connectivity index is 2.12. The van der Waals surface area contributed by atoms with E-state index >= 15 is 0 Å². The zero-order chi connectivity index (χ0) is 15.4. The third-order valence-corrected chi connectivity index (χ3v) is 2.97. The summed E-state index contributed by atoms with van der Waals surface area (Å²) in [6.45, 7) is 0. The Hall–Kier alpha value is -2.30. The molecule has 0 aliphatic rings. The fourth-order valence-corrected chi connectivity index (χ4v) is 2.07. The summed E-state index contributed by atoms with van der Waals surface area (Å²) in [6, 6.07) is 7.40. The standard InChI is InChI=1S/C16H13F3O2/c1-21-15-4-2-3-11(16(15)19)8-14(20)7-10-5-12(17)9-13(18)6-10/h2-6,9H,7-8H2,1H3. The molecule has 0 aromatic heterocycles. The van der Waals surface area contributed by atoms with Crippen LogP contribution in [0.3, 0.4) is 0 Å². The molecule has 0 spiro atoms. The Morgan fingerprint density at radius 2 is 1.71 bits per heavy atom. The van der Waals surface area contributed by atoms with Gasteiger partial charge in [0.1, 0.15) is 17.4 Å². The van der Waals surface area contributed by atoms with Crippen LogP contribution in [0.15, 0.2) is 36.4 Å². The van der Waals surface area contributed by atoms with Crippen molar-refractivity contribution in [2.24, 2.45) is 0 Å². The van der Waals surface area contributed by atoms with Gasteiger partial charge in [0.2, 0.25) is 0 Å². The molecular weight excluding hydrogens is 281 g/mol. The minimum Gasteiger partial charge on any atom is -0.494 e. The topological polar surface area (TPSA) is 26.3 Å². The van der Waals surface area contributed by atoms with E-state index in [1.54, 1.807) is 6.07 Å². The van der Waals surface area contributed by atoms with Gasteiger partial charge < -0.3 is 4.74 Å². The summed E-state index contributed by atoms with van der Waals surface area (Å²) in [7, 11) is 1.33. The summed E-state index contributed by atoms with van der Waals surface area (Å²) in [5, 5.41) is 0. The van der Waals surface area contributed by atoms with Crippen molar-refractivity contribution in [3.63, 3.8) is 0 Å². The minimum atomic E-state index is -0.745. The number of halogens is 3. The van der Waals surface area contributed by atoms with E-state index in [0.717, 1.165) is 18.2 Å². The van der Waals surface area contributed by atoms with Crippen molar-refractivity contribution in [1.82, 2.24) is 0 Å². The number of hydrogen-bond acceptors (Lipinski definition) is 2. The number of benzene rings is 2. The van der Waals surface area contributed by atoms with Crippen molar-refractivity contribution in [3.05, 3.63) is 65.0 Å². The van der Waals surface area contributed by atoms with E-state index in [0.29, 0.717) is 0 Å². The number of carbonyl (C=O) groups is 1. The molecule has 0 bridgehead atoms. The van der Waals surface area contributed by atoms with E-state index in [1.165, 1.54) is 19.2 Å². The first kappa shape index (κ1) is 15.1. The van der Waals surface area contributed by atoms with Crippen molar-refractivity contribution >= 4 is 5.78 Å². The molecule has 0 heterocycles. The Morgan fingerprint density at radius 1 is 1.05 bits per heavy atom. The fraction of sp³-hybridized carbons (Fsp3) is 0.188. The highest BCUT2D eigenvalue weighted by Gasteiger charge is 2.13. The van der Waals surface area contributed by atoms with E-state index in [2.05, 4.69) is 0 Å². The van der Waals surface area contributed by atoms with Crippen LogP contribution < -0.4 is 4.74 Å². The number of hydrogen-bond donors (Lipinski definition) is 0. The van der Waals surface area contributed by atoms with Gasteiger partial charge in [-0.1, -0.05) is 12.1 Å². The molecule has 2 aromatic carbocycles. The van der Waals surface area contributed by atoms with Gasteiger partial charge in [-0.05, 0) is 29.3 Å². The first-order valence-electron chi connectivity index (χ1n) is 6.27. The first-order valence-corrected chi connectivity index (χ1v) is 6.27. The first-order chi connectivity index (χ1) is 9.99. The van der Waals surface area contributed by atoms with E-state index in [4.69, 9.17) is 4.74 Å². The average Bonchev–Trinajstić information content (AvgIpc) is 2.40. The van der Waals surface area contributed by atoms with Gasteiger partial charge in [-0.2, -0.15) is 0 Å². The lowest BCUT2D eigenvalue weighted by Gasteiger charge is -2.07. The normalized spacial score (nSPS) is 10.5. The Morgan fingerprint density at radius 3 is 2.33 bits per heavy atom. The van der Waals surface area contributed by atoms with Crippen molar-refractivity contribution < 1.29 is 22.7 Å². The fourth-order valence-electron chi connectivity index (χ4n) is 2.07. The lowest BCUT2D eigenvalue weighted by atomic mass is 10.0. The molecule has 0 radical (unpaired) electrons. The summed E-state index contributed by atoms with van der Waals surface area (Å²) in [5.41, 5.74) is 0.414. The predicted octanol–water partition coefficient (Wildman–Crippen LogP) is 3.47. The number of rotatable bonds is 5. The summed E-state index contributed by atoms with van der Waals surface area (Å²) < 4.78 is 44.8. The zero-order valence-electron chi connectivity index (χ0n) is 11.3. The molecule has 0 unspecified atom stereocenters. The molecule has 0 N–H and O–H groups in total. The second-order valence-electron chi connectivity index (χ2n) is 4.60. The highest BCUT2D eigenvalue weighted by Crippen LogP contribution is 2.21. The predicted molar refractivity (Wildman–Crippen MR) is 71.7 cm³/mol. The van der Waals surface area contributed by atoms with E-state index in [9.17, 15) is 18.0 Å². The number of Topliss-reactive ketones (excluding diaryl/α,β-unsaturated/α-hetero) is 1. The quantitative estimate of drug-likeness (QED) is 0.844. The summed E-state index contributed by atoms with van der Waals surface area (Å²) in [4.78, 5) is 11.9. The number of carbonyl (C=O) groups excluding carboxylic acids is 1. The maximum Gasteiger partial charge on any atom is 0.168 e. The van der Waals surface area contributed by atoms with Gasteiger partial charge in [0.05, 0.1) is 7.11 Å². The van der Waals surface area contributed by atoms with Crippen molar-refractivity contribution in [2.45, 2.75) is 12.8 Å². The molecule has 2 nitrogen and oxygen atoms in total.